The Morgan fingerprint density at radius 3 is 1.83 bits per heavy atom. The second-order valence-corrected chi connectivity index (χ2v) is 15.8. The lowest BCUT2D eigenvalue weighted by Crippen LogP contribution is -2.27. The molecular formula is C31H38I3N7O7. The summed E-state index contributed by atoms with van der Waals surface area (Å²) in [7, 11) is 0. The molecule has 0 unspecified atom stereocenters. The van der Waals surface area contributed by atoms with Crippen LogP contribution in [0.2, 0.25) is 0 Å². The van der Waals surface area contributed by atoms with Crippen molar-refractivity contribution in [3.05, 3.63) is 76.7 Å². The summed E-state index contributed by atoms with van der Waals surface area (Å²) in [6.45, 7) is 23.1. The van der Waals surface area contributed by atoms with Gasteiger partial charge < -0.3 is 24.3 Å². The third-order valence-corrected chi connectivity index (χ3v) is 7.26. The minimum absolute atomic E-state index is 0.263. The molecule has 3 rings (SSSR count). The van der Waals surface area contributed by atoms with Gasteiger partial charge >= 0.3 is 18.3 Å². The smallest absolute Gasteiger partial charge is 0.434 e. The van der Waals surface area contributed by atoms with Crippen LogP contribution in [-0.2, 0) is 14.2 Å². The van der Waals surface area contributed by atoms with Crippen molar-refractivity contribution in [1.29, 1.82) is 0 Å². The van der Waals surface area contributed by atoms with Crippen molar-refractivity contribution >= 4 is 103 Å². The first-order chi connectivity index (χ1) is 22.0. The van der Waals surface area contributed by atoms with E-state index in [9.17, 15) is 14.4 Å². The first-order valence-corrected chi connectivity index (χ1v) is 17.2. The molecule has 3 aromatic heterocycles. The first kappa shape index (κ1) is 42.8. The van der Waals surface area contributed by atoms with E-state index >= 15 is 0 Å². The number of carbonyl (C=O) groups excluding carboxylic acids is 3. The number of ether oxygens (including phenoxy) is 3. The number of nitrogens with zero attached hydrogens (tertiary/aromatic N) is 5. The average molecular weight is 1000 g/mol. The zero-order valence-electron chi connectivity index (χ0n) is 27.9. The summed E-state index contributed by atoms with van der Waals surface area (Å²) >= 11 is 6.04. The van der Waals surface area contributed by atoms with Crippen molar-refractivity contribution in [2.75, 3.05) is 10.6 Å². The van der Waals surface area contributed by atoms with Crippen molar-refractivity contribution in [2.45, 2.75) is 79.1 Å². The monoisotopic (exact) mass is 1000 g/mol. The normalized spacial score (nSPS) is 11.4. The summed E-state index contributed by atoms with van der Waals surface area (Å²) in [5.41, 5.74) is -0.355. The Labute approximate surface area is 320 Å². The predicted octanol–water partition coefficient (Wildman–Crippen LogP) is 8.78. The lowest BCUT2D eigenvalue weighted by Gasteiger charge is -2.20. The largest absolute Gasteiger partial charge is 0.444 e. The molecule has 0 aliphatic carbocycles. The Balaban J connectivity index is 0.000000361. The van der Waals surface area contributed by atoms with Crippen molar-refractivity contribution < 1.29 is 33.8 Å². The van der Waals surface area contributed by atoms with Crippen LogP contribution in [0.5, 0.6) is 0 Å². The van der Waals surface area contributed by atoms with Crippen molar-refractivity contribution in [3.8, 4) is 0 Å². The van der Waals surface area contributed by atoms with Crippen LogP contribution in [0.25, 0.3) is 4.85 Å². The van der Waals surface area contributed by atoms with Gasteiger partial charge in [-0.15, -0.1) is 4.98 Å². The highest BCUT2D eigenvalue weighted by atomic mass is 127. The van der Waals surface area contributed by atoms with Crippen LogP contribution in [0.3, 0.4) is 0 Å². The average Bonchev–Trinajstić information content (AvgIpc) is 2.90. The Morgan fingerprint density at radius 1 is 0.833 bits per heavy atom. The van der Waals surface area contributed by atoms with Gasteiger partial charge in [0.15, 0.2) is 0 Å². The number of halogens is 3. The molecule has 3 heterocycles. The molecule has 0 bridgehead atoms. The number of carbonyl (C=O) groups is 3. The van der Waals surface area contributed by atoms with E-state index in [1.807, 2.05) is 66.0 Å². The highest BCUT2D eigenvalue weighted by Crippen LogP contribution is 2.26. The number of pyridine rings is 3. The summed E-state index contributed by atoms with van der Waals surface area (Å²) in [5, 5.41) is 14.8. The van der Waals surface area contributed by atoms with E-state index in [-0.39, 0.29) is 5.82 Å². The van der Waals surface area contributed by atoms with E-state index in [0.29, 0.717) is 23.9 Å². The van der Waals surface area contributed by atoms with Crippen LogP contribution in [0.15, 0.2) is 54.2 Å². The number of anilines is 2. The molecule has 0 atom stereocenters. The van der Waals surface area contributed by atoms with Gasteiger partial charge in [0.1, 0.15) is 23.0 Å². The molecular weight excluding hydrogens is 963 g/mol. The Bertz CT molecular complexity index is 1690. The Kier molecular flexibility index (Phi) is 17.0. The second kappa shape index (κ2) is 19.1. The number of hydrogen-bond donors (Lipinski definition) is 3. The van der Waals surface area contributed by atoms with E-state index < -0.39 is 35.1 Å². The van der Waals surface area contributed by atoms with Gasteiger partial charge in [-0.05, 0) is 120 Å². The second-order valence-electron chi connectivity index (χ2n) is 12.4. The molecule has 0 aliphatic rings. The molecule has 3 N–H and O–H groups in total. The van der Waals surface area contributed by atoms with E-state index in [0.717, 1.165) is 8.30 Å². The third-order valence-electron chi connectivity index (χ3n) is 4.50. The molecule has 3 aromatic rings. The summed E-state index contributed by atoms with van der Waals surface area (Å²) in [4.78, 5) is 49.2. The van der Waals surface area contributed by atoms with Gasteiger partial charge in [0, 0.05) is 24.7 Å². The summed E-state index contributed by atoms with van der Waals surface area (Å²) in [5.74, 6) is 0.263. The van der Waals surface area contributed by atoms with Crippen molar-refractivity contribution in [1.82, 2.24) is 14.7 Å². The first-order valence-electron chi connectivity index (χ1n) is 14.0. The van der Waals surface area contributed by atoms with E-state index in [2.05, 4.69) is 53.0 Å². The fourth-order valence-electron chi connectivity index (χ4n) is 2.84. The maximum absolute atomic E-state index is 11.5. The van der Waals surface area contributed by atoms with Crippen molar-refractivity contribution in [2.24, 2.45) is 4.99 Å². The molecule has 0 spiro atoms. The minimum atomic E-state index is -0.638. The maximum atomic E-state index is 11.5. The zero-order chi connectivity index (χ0) is 36.9. The summed E-state index contributed by atoms with van der Waals surface area (Å²) in [6.07, 6.45) is 5.98. The van der Waals surface area contributed by atoms with E-state index in [4.69, 9.17) is 26.0 Å². The van der Waals surface area contributed by atoms with Gasteiger partial charge in [0.2, 0.25) is 0 Å². The number of aromatic nitrogens is 3. The number of rotatable bonds is 2. The zero-order valence-corrected chi connectivity index (χ0v) is 34.4. The lowest BCUT2D eigenvalue weighted by atomic mass is 10.2. The molecule has 3 amide bonds. The van der Waals surface area contributed by atoms with Crippen LogP contribution in [0, 0.1) is 17.3 Å². The standard InChI is InChI=1S/C11H12IN3O2.C10H13IN2O3.C10H13IN2O2/c1-11(2,3)17-10(16)15-7-5-6-14-9(13-4)8(7)12;1-10(2,3)16-9(14)12-8-4-5-13(15)6-7(8)11;1-10(2,3)15-9(14)13-8-4-5-12-6-7(8)11/h5-6H,1-3H3,(H,14,15,16);4-6,15H,1-3H3;4-6H,1-3H3,(H,12,13,14). The van der Waals surface area contributed by atoms with Crippen LogP contribution in [0.4, 0.5) is 31.6 Å². The van der Waals surface area contributed by atoms with Crippen LogP contribution >= 0.6 is 67.8 Å². The predicted molar refractivity (Wildman–Crippen MR) is 206 cm³/mol. The van der Waals surface area contributed by atoms with Crippen LogP contribution in [0.1, 0.15) is 62.3 Å². The number of amides is 3. The summed E-state index contributed by atoms with van der Waals surface area (Å²) < 4.78 is 18.3. The fourth-order valence-corrected chi connectivity index (χ4v) is 4.47. The third kappa shape index (κ3) is 18.3. The molecule has 0 fully saturated rings. The van der Waals surface area contributed by atoms with Gasteiger partial charge in [-0.3, -0.25) is 15.6 Å². The van der Waals surface area contributed by atoms with Crippen LogP contribution in [-0.4, -0.2) is 55.0 Å². The molecule has 0 aliphatic heterocycles. The molecule has 0 aromatic carbocycles. The van der Waals surface area contributed by atoms with Gasteiger partial charge in [0.25, 0.3) is 5.82 Å². The topological polar surface area (TPSA) is 171 Å². The minimum Gasteiger partial charge on any atom is -0.444 e. The van der Waals surface area contributed by atoms with E-state index in [1.54, 1.807) is 66.1 Å². The summed E-state index contributed by atoms with van der Waals surface area (Å²) in [6, 6.07) is 4.89. The Morgan fingerprint density at radius 2 is 1.35 bits per heavy atom. The number of nitrogens with one attached hydrogen (secondary N) is 2. The quantitative estimate of drug-likeness (QED) is 0.0983. The van der Waals surface area contributed by atoms with E-state index in [1.165, 1.54) is 24.7 Å². The molecule has 0 radical (unpaired) electrons. The molecule has 14 nitrogen and oxygen atoms in total. The highest BCUT2D eigenvalue weighted by Gasteiger charge is 2.19. The SMILES string of the molecule is CC(C)(C)OC(=O)N=c1ccn(O)cc1I.CC(C)(C)OC(=O)Nc1ccncc1I.[C-]#[N+]c1nccc(NC(=O)OC(C)(C)C)c1I. The molecule has 0 saturated carbocycles. The van der Waals surface area contributed by atoms with Gasteiger partial charge in [-0.25, -0.2) is 19.1 Å². The highest BCUT2D eigenvalue weighted by molar-refractivity contribution is 14.1. The van der Waals surface area contributed by atoms with Gasteiger partial charge in [-0.1, -0.05) is 29.2 Å². The molecule has 260 valence electrons. The molecule has 0 saturated heterocycles. The van der Waals surface area contributed by atoms with Crippen LogP contribution < -0.4 is 16.0 Å². The molecule has 48 heavy (non-hydrogen) atoms. The van der Waals surface area contributed by atoms with Crippen molar-refractivity contribution in [3.63, 3.8) is 0 Å². The molecule has 17 heteroatoms. The Hall–Kier alpha value is -3.26. The van der Waals surface area contributed by atoms with Gasteiger partial charge in [0.05, 0.1) is 33.6 Å². The fraction of sp³-hybridized carbons (Fsp3) is 0.387. The lowest BCUT2D eigenvalue weighted by molar-refractivity contribution is 0.0592. The maximum Gasteiger partial charge on any atom is 0.434 e. The number of hydrogen-bond acceptors (Lipinski definition) is 9. The van der Waals surface area contributed by atoms with Gasteiger partial charge in [-0.2, -0.15) is 4.99 Å².